The van der Waals surface area contributed by atoms with Crippen LogP contribution in [0.5, 0.6) is 5.75 Å². The normalized spacial score (nSPS) is 17.8. The van der Waals surface area contributed by atoms with Crippen LogP contribution in [0.25, 0.3) is 0 Å². The van der Waals surface area contributed by atoms with Crippen LogP contribution in [0.4, 0.5) is 5.82 Å². The number of amides is 1. The second-order valence-electron chi connectivity index (χ2n) is 7.51. The van der Waals surface area contributed by atoms with E-state index in [1.54, 1.807) is 11.8 Å². The fourth-order valence-electron chi connectivity index (χ4n) is 2.90. The minimum Gasteiger partial charge on any atom is -0.491 e. The number of thioether (sulfide) groups is 1. The molecule has 2 heterocycles. The van der Waals surface area contributed by atoms with Crippen molar-refractivity contribution in [2.45, 2.75) is 51.5 Å². The first-order chi connectivity index (χ1) is 11.8. The first-order valence-corrected chi connectivity index (χ1v) is 9.57. The van der Waals surface area contributed by atoms with Gasteiger partial charge in [-0.15, -0.1) is 11.8 Å². The third kappa shape index (κ3) is 3.84. The molecule has 0 spiro atoms. The van der Waals surface area contributed by atoms with Gasteiger partial charge in [-0.25, -0.2) is 4.68 Å². The Balaban J connectivity index is 2.04. The number of benzene rings is 1. The van der Waals surface area contributed by atoms with E-state index in [0.29, 0.717) is 5.75 Å². The zero-order chi connectivity index (χ0) is 18.2. The Morgan fingerprint density at radius 1 is 1.36 bits per heavy atom. The summed E-state index contributed by atoms with van der Waals surface area (Å²) in [7, 11) is 0. The first kappa shape index (κ1) is 17.9. The van der Waals surface area contributed by atoms with E-state index in [9.17, 15) is 4.79 Å². The molecular formula is C19H25N3O2S. The molecule has 1 aromatic heterocycles. The van der Waals surface area contributed by atoms with E-state index in [4.69, 9.17) is 4.74 Å². The molecular weight excluding hydrogens is 334 g/mol. The van der Waals surface area contributed by atoms with Crippen molar-refractivity contribution in [2.75, 3.05) is 11.1 Å². The Bertz CT molecular complexity index is 777. The number of carbonyl (C=O) groups is 1. The standard InChI is InChI=1S/C19H25N3O2S/c1-12(2)24-14-8-6-7-13(9-14)17-15-10-20-22(19(3,4)5)18(15)21-16(23)11-25-17/h6-10,12,17H,11H2,1-5H3,(H,21,23). The maximum absolute atomic E-state index is 12.2. The highest BCUT2D eigenvalue weighted by Gasteiger charge is 2.30. The Labute approximate surface area is 153 Å². The maximum Gasteiger partial charge on any atom is 0.235 e. The van der Waals surface area contributed by atoms with Crippen LogP contribution in [0.2, 0.25) is 0 Å². The molecule has 0 aliphatic carbocycles. The lowest BCUT2D eigenvalue weighted by atomic mass is 10.1. The van der Waals surface area contributed by atoms with Crippen molar-refractivity contribution in [1.82, 2.24) is 9.78 Å². The minimum absolute atomic E-state index is 0.00864. The molecule has 1 aliphatic heterocycles. The van der Waals surface area contributed by atoms with E-state index in [-0.39, 0.29) is 22.8 Å². The number of hydrogen-bond acceptors (Lipinski definition) is 4. The van der Waals surface area contributed by atoms with Crippen LogP contribution in [0.15, 0.2) is 30.5 Å². The number of ether oxygens (including phenoxy) is 1. The Kier molecular flexibility index (Phi) is 4.82. The van der Waals surface area contributed by atoms with Crippen LogP contribution in [0.1, 0.15) is 51.0 Å². The summed E-state index contributed by atoms with van der Waals surface area (Å²) < 4.78 is 7.73. The van der Waals surface area contributed by atoms with Crippen LogP contribution in [0, 0.1) is 0 Å². The molecule has 1 aromatic carbocycles. The molecule has 1 amide bonds. The van der Waals surface area contributed by atoms with Crippen molar-refractivity contribution >= 4 is 23.5 Å². The molecule has 0 saturated carbocycles. The van der Waals surface area contributed by atoms with Gasteiger partial charge < -0.3 is 10.1 Å². The molecule has 3 rings (SSSR count). The molecule has 1 unspecified atom stereocenters. The van der Waals surface area contributed by atoms with Crippen LogP contribution in [-0.4, -0.2) is 27.5 Å². The van der Waals surface area contributed by atoms with Gasteiger partial charge in [0.2, 0.25) is 5.91 Å². The summed E-state index contributed by atoms with van der Waals surface area (Å²) in [6.07, 6.45) is 2.00. The second-order valence-corrected chi connectivity index (χ2v) is 8.60. The SMILES string of the molecule is CC(C)Oc1cccc(C2SCC(=O)Nc3c2cnn3C(C)(C)C)c1. The van der Waals surface area contributed by atoms with Gasteiger partial charge in [0.1, 0.15) is 11.6 Å². The molecule has 25 heavy (non-hydrogen) atoms. The molecule has 6 heteroatoms. The summed E-state index contributed by atoms with van der Waals surface area (Å²) in [6.45, 7) is 10.3. The van der Waals surface area contributed by atoms with E-state index < -0.39 is 0 Å². The van der Waals surface area contributed by atoms with Crippen molar-refractivity contribution in [3.05, 3.63) is 41.6 Å². The van der Waals surface area contributed by atoms with Crippen LogP contribution in [0.3, 0.4) is 0 Å². The van der Waals surface area contributed by atoms with Gasteiger partial charge in [-0.05, 0) is 52.3 Å². The number of hydrogen-bond donors (Lipinski definition) is 1. The minimum atomic E-state index is -0.205. The Morgan fingerprint density at radius 2 is 2.12 bits per heavy atom. The number of nitrogens with zero attached hydrogens (tertiary/aromatic N) is 2. The molecule has 1 atom stereocenters. The molecule has 1 aliphatic rings. The average molecular weight is 359 g/mol. The monoisotopic (exact) mass is 359 g/mol. The van der Waals surface area contributed by atoms with Crippen molar-refractivity contribution in [3.8, 4) is 5.75 Å². The van der Waals surface area contributed by atoms with Crippen LogP contribution in [-0.2, 0) is 10.3 Å². The third-order valence-corrected chi connectivity index (χ3v) is 5.18. The summed E-state index contributed by atoms with van der Waals surface area (Å²) in [4.78, 5) is 12.2. The lowest BCUT2D eigenvalue weighted by Crippen LogP contribution is -2.27. The molecule has 0 fully saturated rings. The summed E-state index contributed by atoms with van der Waals surface area (Å²) in [6, 6.07) is 8.11. The van der Waals surface area contributed by atoms with Gasteiger partial charge in [0.05, 0.1) is 28.8 Å². The first-order valence-electron chi connectivity index (χ1n) is 8.52. The summed E-state index contributed by atoms with van der Waals surface area (Å²) in [5.41, 5.74) is 1.95. The average Bonchev–Trinajstić information content (AvgIpc) is 2.84. The Morgan fingerprint density at radius 3 is 2.80 bits per heavy atom. The van der Waals surface area contributed by atoms with Crippen molar-refractivity contribution in [1.29, 1.82) is 0 Å². The molecule has 0 radical (unpaired) electrons. The zero-order valence-corrected chi connectivity index (χ0v) is 16.2. The Hall–Kier alpha value is -1.95. The van der Waals surface area contributed by atoms with Gasteiger partial charge in [0.25, 0.3) is 0 Å². The highest BCUT2D eigenvalue weighted by atomic mass is 32.2. The summed E-state index contributed by atoms with van der Waals surface area (Å²) in [5.74, 6) is 2.07. The summed E-state index contributed by atoms with van der Waals surface area (Å²) in [5, 5.41) is 7.63. The van der Waals surface area contributed by atoms with Gasteiger partial charge in [-0.3, -0.25) is 4.79 Å². The van der Waals surface area contributed by atoms with Gasteiger partial charge in [0.15, 0.2) is 0 Å². The van der Waals surface area contributed by atoms with Gasteiger partial charge in [0, 0.05) is 5.56 Å². The van der Waals surface area contributed by atoms with E-state index in [0.717, 1.165) is 22.7 Å². The fraction of sp³-hybridized carbons (Fsp3) is 0.474. The summed E-state index contributed by atoms with van der Waals surface area (Å²) >= 11 is 1.62. The lowest BCUT2D eigenvalue weighted by molar-refractivity contribution is -0.113. The molecule has 0 bridgehead atoms. The lowest BCUT2D eigenvalue weighted by Gasteiger charge is -2.23. The van der Waals surface area contributed by atoms with Gasteiger partial charge >= 0.3 is 0 Å². The third-order valence-electron chi connectivity index (χ3n) is 3.89. The number of fused-ring (bicyclic) bond motifs is 1. The zero-order valence-electron chi connectivity index (χ0n) is 15.4. The second kappa shape index (κ2) is 6.75. The van der Waals surface area contributed by atoms with E-state index >= 15 is 0 Å². The molecule has 1 N–H and O–H groups in total. The van der Waals surface area contributed by atoms with E-state index in [2.05, 4.69) is 43.3 Å². The highest BCUT2D eigenvalue weighted by molar-refractivity contribution is 8.00. The molecule has 134 valence electrons. The molecule has 2 aromatic rings. The van der Waals surface area contributed by atoms with Crippen molar-refractivity contribution in [3.63, 3.8) is 0 Å². The van der Waals surface area contributed by atoms with Crippen molar-refractivity contribution in [2.24, 2.45) is 0 Å². The fourth-order valence-corrected chi connectivity index (χ4v) is 3.98. The largest absolute Gasteiger partial charge is 0.491 e. The number of anilines is 1. The number of nitrogens with one attached hydrogen (secondary N) is 1. The van der Waals surface area contributed by atoms with Crippen LogP contribution >= 0.6 is 11.8 Å². The van der Waals surface area contributed by atoms with Gasteiger partial charge in [-0.2, -0.15) is 5.10 Å². The molecule has 0 saturated heterocycles. The number of aromatic nitrogens is 2. The predicted molar refractivity (Wildman–Crippen MR) is 102 cm³/mol. The van der Waals surface area contributed by atoms with Gasteiger partial charge in [-0.1, -0.05) is 12.1 Å². The van der Waals surface area contributed by atoms with Crippen molar-refractivity contribution < 1.29 is 9.53 Å². The topological polar surface area (TPSA) is 56.1 Å². The number of carbonyl (C=O) groups excluding carboxylic acids is 1. The quantitative estimate of drug-likeness (QED) is 0.892. The van der Waals surface area contributed by atoms with Crippen LogP contribution < -0.4 is 10.1 Å². The predicted octanol–water partition coefficient (Wildman–Crippen LogP) is 4.20. The maximum atomic E-state index is 12.2. The van der Waals surface area contributed by atoms with E-state index in [1.165, 1.54) is 0 Å². The van der Waals surface area contributed by atoms with E-state index in [1.807, 2.05) is 36.9 Å². The number of rotatable bonds is 3. The highest BCUT2D eigenvalue weighted by Crippen LogP contribution is 2.43. The molecule has 5 nitrogen and oxygen atoms in total. The smallest absolute Gasteiger partial charge is 0.235 e.